The third-order valence-corrected chi connectivity index (χ3v) is 4.80. The van der Waals surface area contributed by atoms with Crippen molar-refractivity contribution in [3.8, 4) is 0 Å². The van der Waals surface area contributed by atoms with Gasteiger partial charge in [0.05, 0.1) is 0 Å². The summed E-state index contributed by atoms with van der Waals surface area (Å²) >= 11 is 1.67. The molecule has 2 heterocycles. The Morgan fingerprint density at radius 3 is 2.10 bits per heavy atom. The topological polar surface area (TPSA) is 87.9 Å². The number of amidine groups is 1. The van der Waals surface area contributed by atoms with Crippen LogP contribution >= 0.6 is 11.8 Å². The van der Waals surface area contributed by atoms with Crippen molar-refractivity contribution in [1.29, 1.82) is 0 Å². The van der Waals surface area contributed by atoms with Crippen LogP contribution in [-0.2, 0) is 0 Å². The van der Waals surface area contributed by atoms with Crippen LogP contribution in [0, 0.1) is 0 Å². The van der Waals surface area contributed by atoms with Gasteiger partial charge in [0, 0.05) is 28.9 Å². The maximum absolute atomic E-state index is 9.86. The Balaban J connectivity index is 0.000000217. The maximum Gasteiger partial charge on any atom is 0.154 e. The molecule has 2 aliphatic heterocycles. The van der Waals surface area contributed by atoms with Crippen LogP contribution in [0.1, 0.15) is 53.9 Å². The van der Waals surface area contributed by atoms with E-state index in [-0.39, 0.29) is 17.1 Å². The fraction of sp³-hybridized carbons (Fsp3) is 0.929. The summed E-state index contributed by atoms with van der Waals surface area (Å²) in [6.07, 6.45) is 2.88. The molecular weight excluding hydrogens is 272 g/mol. The number of hydrogen-bond acceptors (Lipinski definition) is 6. The molecule has 0 amide bonds. The molecule has 0 aliphatic carbocycles. The number of hydrogen-bond donors (Lipinski definition) is 3. The highest BCUT2D eigenvalue weighted by molar-refractivity contribution is 8.14. The number of nitrogens with two attached hydrogens (primary N) is 2. The van der Waals surface area contributed by atoms with Crippen molar-refractivity contribution >= 4 is 16.9 Å². The zero-order valence-electron chi connectivity index (χ0n) is 13.4. The van der Waals surface area contributed by atoms with E-state index in [9.17, 15) is 5.21 Å². The molecular formula is C14H30N4OS. The summed E-state index contributed by atoms with van der Waals surface area (Å²) < 4.78 is 0. The minimum Gasteiger partial charge on any atom is -0.379 e. The van der Waals surface area contributed by atoms with Gasteiger partial charge in [-0.1, -0.05) is 18.7 Å². The van der Waals surface area contributed by atoms with Crippen molar-refractivity contribution in [3.05, 3.63) is 0 Å². The smallest absolute Gasteiger partial charge is 0.154 e. The van der Waals surface area contributed by atoms with Crippen LogP contribution in [0.25, 0.3) is 0 Å². The number of nitrogens with zero attached hydrogens (tertiary/aromatic N) is 2. The number of aliphatic imine (C=N–C) groups is 1. The summed E-state index contributed by atoms with van der Waals surface area (Å²) in [6.45, 7) is 11.2. The van der Waals surface area contributed by atoms with Crippen LogP contribution in [0.5, 0.6) is 0 Å². The van der Waals surface area contributed by atoms with E-state index in [0.29, 0.717) is 5.25 Å². The molecule has 1 atom stereocenters. The van der Waals surface area contributed by atoms with E-state index in [1.54, 1.807) is 11.8 Å². The lowest BCUT2D eigenvalue weighted by Gasteiger charge is -2.50. The van der Waals surface area contributed by atoms with Crippen molar-refractivity contribution in [2.45, 2.75) is 76.3 Å². The third kappa shape index (κ3) is 4.91. The molecule has 0 radical (unpaired) electrons. The van der Waals surface area contributed by atoms with E-state index in [2.05, 4.69) is 11.9 Å². The quantitative estimate of drug-likeness (QED) is 0.638. The minimum atomic E-state index is -0.193. The predicted octanol–water partition coefficient (Wildman–Crippen LogP) is 2.18. The van der Waals surface area contributed by atoms with Crippen LogP contribution in [0.4, 0.5) is 0 Å². The van der Waals surface area contributed by atoms with Gasteiger partial charge in [-0.05, 0) is 47.0 Å². The summed E-state index contributed by atoms with van der Waals surface area (Å²) in [4.78, 5) is 4.04. The van der Waals surface area contributed by atoms with E-state index in [1.807, 2.05) is 27.7 Å². The number of thioether (sulfide) groups is 1. The molecule has 2 rings (SSSR count). The molecule has 5 N–H and O–H groups in total. The molecule has 0 aromatic heterocycles. The summed E-state index contributed by atoms with van der Waals surface area (Å²) in [5, 5.41) is 12.7. The van der Waals surface area contributed by atoms with Gasteiger partial charge in [-0.3, -0.25) is 4.99 Å². The van der Waals surface area contributed by atoms with Crippen molar-refractivity contribution in [3.63, 3.8) is 0 Å². The molecule has 1 fully saturated rings. The van der Waals surface area contributed by atoms with Crippen molar-refractivity contribution in [2.24, 2.45) is 16.5 Å². The molecule has 1 saturated heterocycles. The summed E-state index contributed by atoms with van der Waals surface area (Å²) in [5.41, 5.74) is 11.0. The van der Waals surface area contributed by atoms with Crippen molar-refractivity contribution in [1.82, 2.24) is 5.06 Å². The standard InChI is InChI=1S/C9H20N2O.C5H10N2S/c1-8(2)5-7(10)6-9(3,4)11(8)12;1-4-2-3-7-5(6)8-4/h7,12H,5-6,10H2,1-4H3;4H,2-3H2,1H3,(H2,6,7). The fourth-order valence-corrected chi connectivity index (χ4v) is 3.81. The molecule has 0 saturated carbocycles. The van der Waals surface area contributed by atoms with Crippen LogP contribution in [0.15, 0.2) is 4.99 Å². The molecule has 5 nitrogen and oxygen atoms in total. The Labute approximate surface area is 127 Å². The highest BCUT2D eigenvalue weighted by Gasteiger charge is 2.43. The second kappa shape index (κ2) is 6.64. The summed E-state index contributed by atoms with van der Waals surface area (Å²) in [6, 6.07) is 0.207. The molecule has 1 unspecified atom stereocenters. The van der Waals surface area contributed by atoms with Crippen LogP contribution in [-0.4, -0.2) is 44.4 Å². The normalized spacial score (nSPS) is 30.1. The average molecular weight is 302 g/mol. The van der Waals surface area contributed by atoms with Gasteiger partial charge in [0.1, 0.15) is 0 Å². The highest BCUT2D eigenvalue weighted by atomic mass is 32.2. The molecule has 20 heavy (non-hydrogen) atoms. The van der Waals surface area contributed by atoms with Crippen LogP contribution in [0.3, 0.4) is 0 Å². The van der Waals surface area contributed by atoms with Gasteiger partial charge < -0.3 is 16.7 Å². The third-order valence-electron chi connectivity index (χ3n) is 3.80. The van der Waals surface area contributed by atoms with Gasteiger partial charge >= 0.3 is 0 Å². The van der Waals surface area contributed by atoms with Gasteiger partial charge in [-0.15, -0.1) is 0 Å². The zero-order chi connectivity index (χ0) is 15.6. The lowest BCUT2D eigenvalue weighted by atomic mass is 9.79. The lowest BCUT2D eigenvalue weighted by Crippen LogP contribution is -2.61. The van der Waals surface area contributed by atoms with Crippen molar-refractivity contribution in [2.75, 3.05) is 6.54 Å². The second-order valence-corrected chi connectivity index (χ2v) is 8.50. The first-order valence-corrected chi connectivity index (χ1v) is 8.14. The van der Waals surface area contributed by atoms with Crippen LogP contribution in [0.2, 0.25) is 0 Å². The Hall–Kier alpha value is -0.300. The summed E-state index contributed by atoms with van der Waals surface area (Å²) in [7, 11) is 0. The average Bonchev–Trinajstić information content (AvgIpc) is 2.25. The molecule has 0 bridgehead atoms. The van der Waals surface area contributed by atoms with Crippen LogP contribution < -0.4 is 11.5 Å². The SMILES string of the molecule is CC1(C)CC(N)CC(C)(C)N1O.CC1CCN=C(N)S1. The van der Waals surface area contributed by atoms with E-state index in [0.717, 1.165) is 24.6 Å². The molecule has 2 aliphatic rings. The largest absolute Gasteiger partial charge is 0.379 e. The molecule has 118 valence electrons. The maximum atomic E-state index is 9.86. The van der Waals surface area contributed by atoms with Gasteiger partial charge in [-0.2, -0.15) is 5.06 Å². The Kier molecular flexibility index (Phi) is 5.89. The number of rotatable bonds is 0. The molecule has 0 spiro atoms. The first-order valence-electron chi connectivity index (χ1n) is 7.26. The molecule has 6 heteroatoms. The van der Waals surface area contributed by atoms with Gasteiger partial charge in [0.2, 0.25) is 0 Å². The lowest BCUT2D eigenvalue weighted by molar-refractivity contribution is -0.244. The zero-order valence-corrected chi connectivity index (χ0v) is 14.2. The van der Waals surface area contributed by atoms with Gasteiger partial charge in [-0.25, -0.2) is 0 Å². The molecule has 0 aromatic rings. The van der Waals surface area contributed by atoms with Crippen molar-refractivity contribution < 1.29 is 5.21 Å². The Morgan fingerprint density at radius 1 is 1.25 bits per heavy atom. The number of piperidine rings is 1. The number of hydroxylamine groups is 2. The predicted molar refractivity (Wildman–Crippen MR) is 87.2 cm³/mol. The monoisotopic (exact) mass is 302 g/mol. The first-order chi connectivity index (χ1) is 9.04. The first kappa shape index (κ1) is 17.8. The van der Waals surface area contributed by atoms with E-state index < -0.39 is 0 Å². The molecule has 0 aromatic carbocycles. The highest BCUT2D eigenvalue weighted by Crippen LogP contribution is 2.35. The Bertz CT molecular complexity index is 339. The fourth-order valence-electron chi connectivity index (χ4n) is 3.01. The minimum absolute atomic E-state index is 0.193. The summed E-state index contributed by atoms with van der Waals surface area (Å²) in [5.74, 6) is 0. The Morgan fingerprint density at radius 2 is 1.75 bits per heavy atom. The van der Waals surface area contributed by atoms with E-state index in [1.165, 1.54) is 11.5 Å². The second-order valence-electron chi connectivity index (χ2n) is 7.04. The van der Waals surface area contributed by atoms with E-state index in [4.69, 9.17) is 11.5 Å². The van der Waals surface area contributed by atoms with Gasteiger partial charge in [0.25, 0.3) is 0 Å². The van der Waals surface area contributed by atoms with Gasteiger partial charge in [0.15, 0.2) is 5.17 Å². The van der Waals surface area contributed by atoms with E-state index >= 15 is 0 Å².